The fourth-order valence-electron chi connectivity index (χ4n) is 2.06. The van der Waals surface area contributed by atoms with Crippen molar-refractivity contribution in [2.75, 3.05) is 6.54 Å². The lowest BCUT2D eigenvalue weighted by atomic mass is 10.1. The van der Waals surface area contributed by atoms with Gasteiger partial charge in [0.2, 0.25) is 0 Å². The number of aryl methyl sites for hydroxylation is 1. The van der Waals surface area contributed by atoms with E-state index >= 15 is 0 Å². The maximum absolute atomic E-state index is 12.0. The fourth-order valence-corrected chi connectivity index (χ4v) is 2.06. The van der Waals surface area contributed by atoms with E-state index in [-0.39, 0.29) is 5.91 Å². The SMILES string of the molecule is Cc1cccc(C(=O)NCc2ccc(CCN)cc2)c1. The molecule has 0 heterocycles. The van der Waals surface area contributed by atoms with E-state index in [1.54, 1.807) is 0 Å². The average molecular weight is 268 g/mol. The molecule has 2 aromatic carbocycles. The summed E-state index contributed by atoms with van der Waals surface area (Å²) in [7, 11) is 0. The first-order chi connectivity index (χ1) is 9.69. The standard InChI is InChI=1S/C17H20N2O/c1-13-3-2-4-16(11-13)17(20)19-12-15-7-5-14(6-8-15)9-10-18/h2-8,11H,9-10,12,18H2,1H3,(H,19,20). The summed E-state index contributed by atoms with van der Waals surface area (Å²) in [6.07, 6.45) is 0.885. The van der Waals surface area contributed by atoms with Gasteiger partial charge in [-0.25, -0.2) is 0 Å². The zero-order valence-corrected chi connectivity index (χ0v) is 11.7. The molecule has 1 amide bonds. The van der Waals surface area contributed by atoms with Gasteiger partial charge < -0.3 is 11.1 Å². The van der Waals surface area contributed by atoms with E-state index in [1.165, 1.54) is 5.56 Å². The molecule has 3 N–H and O–H groups in total. The molecule has 0 saturated heterocycles. The quantitative estimate of drug-likeness (QED) is 0.875. The Labute approximate surface area is 119 Å². The molecule has 104 valence electrons. The maximum atomic E-state index is 12.0. The number of nitrogens with one attached hydrogen (secondary N) is 1. The van der Waals surface area contributed by atoms with Crippen molar-refractivity contribution < 1.29 is 4.79 Å². The van der Waals surface area contributed by atoms with E-state index < -0.39 is 0 Å². The number of rotatable bonds is 5. The summed E-state index contributed by atoms with van der Waals surface area (Å²) in [5, 5.41) is 2.93. The Bertz CT molecular complexity index is 576. The second kappa shape index (κ2) is 6.87. The lowest BCUT2D eigenvalue weighted by Crippen LogP contribution is -2.22. The first-order valence-electron chi connectivity index (χ1n) is 6.82. The van der Waals surface area contributed by atoms with E-state index in [4.69, 9.17) is 5.73 Å². The van der Waals surface area contributed by atoms with Gasteiger partial charge in [-0.2, -0.15) is 0 Å². The molecular formula is C17H20N2O. The van der Waals surface area contributed by atoms with Crippen molar-refractivity contribution in [2.24, 2.45) is 5.73 Å². The number of hydrogen-bond donors (Lipinski definition) is 2. The van der Waals surface area contributed by atoms with Gasteiger partial charge in [-0.3, -0.25) is 4.79 Å². The largest absolute Gasteiger partial charge is 0.348 e. The molecule has 0 aliphatic rings. The molecule has 0 radical (unpaired) electrons. The topological polar surface area (TPSA) is 55.1 Å². The van der Waals surface area contributed by atoms with Crippen LogP contribution in [0, 0.1) is 6.92 Å². The molecule has 0 aliphatic heterocycles. The predicted molar refractivity (Wildman–Crippen MR) is 81.5 cm³/mol. The number of amides is 1. The highest BCUT2D eigenvalue weighted by atomic mass is 16.1. The monoisotopic (exact) mass is 268 g/mol. The molecular weight excluding hydrogens is 248 g/mol. The van der Waals surface area contributed by atoms with E-state index in [0.29, 0.717) is 18.7 Å². The number of nitrogens with two attached hydrogens (primary N) is 1. The Morgan fingerprint density at radius 1 is 1.10 bits per heavy atom. The first kappa shape index (κ1) is 14.3. The van der Waals surface area contributed by atoms with Crippen molar-refractivity contribution in [1.29, 1.82) is 0 Å². The summed E-state index contributed by atoms with van der Waals surface area (Å²) in [5.41, 5.74) is 9.62. The summed E-state index contributed by atoms with van der Waals surface area (Å²) in [6, 6.07) is 15.8. The van der Waals surface area contributed by atoms with Crippen LogP contribution in [-0.4, -0.2) is 12.5 Å². The van der Waals surface area contributed by atoms with Crippen molar-refractivity contribution in [3.8, 4) is 0 Å². The van der Waals surface area contributed by atoms with Gasteiger partial charge in [0.25, 0.3) is 5.91 Å². The van der Waals surface area contributed by atoms with Gasteiger partial charge in [-0.05, 0) is 43.1 Å². The van der Waals surface area contributed by atoms with E-state index in [0.717, 1.165) is 17.5 Å². The third-order valence-corrected chi connectivity index (χ3v) is 3.19. The van der Waals surface area contributed by atoms with Gasteiger partial charge in [0.1, 0.15) is 0 Å². The highest BCUT2D eigenvalue weighted by Crippen LogP contribution is 2.06. The zero-order valence-electron chi connectivity index (χ0n) is 11.7. The van der Waals surface area contributed by atoms with Gasteiger partial charge >= 0.3 is 0 Å². The smallest absolute Gasteiger partial charge is 0.251 e. The molecule has 0 unspecified atom stereocenters. The third-order valence-electron chi connectivity index (χ3n) is 3.19. The Morgan fingerprint density at radius 3 is 2.45 bits per heavy atom. The Kier molecular flexibility index (Phi) is 4.91. The second-order valence-corrected chi connectivity index (χ2v) is 4.91. The summed E-state index contributed by atoms with van der Waals surface area (Å²) >= 11 is 0. The molecule has 0 bridgehead atoms. The van der Waals surface area contributed by atoms with Crippen molar-refractivity contribution in [2.45, 2.75) is 19.9 Å². The van der Waals surface area contributed by atoms with Crippen LogP contribution < -0.4 is 11.1 Å². The highest BCUT2D eigenvalue weighted by molar-refractivity contribution is 5.94. The molecule has 3 nitrogen and oxygen atoms in total. The van der Waals surface area contributed by atoms with E-state index in [9.17, 15) is 4.79 Å². The van der Waals surface area contributed by atoms with Gasteiger partial charge in [0, 0.05) is 12.1 Å². The van der Waals surface area contributed by atoms with Crippen molar-refractivity contribution in [3.63, 3.8) is 0 Å². The number of carbonyl (C=O) groups excluding carboxylic acids is 1. The Balaban J connectivity index is 1.93. The zero-order chi connectivity index (χ0) is 14.4. The summed E-state index contributed by atoms with van der Waals surface area (Å²) < 4.78 is 0. The van der Waals surface area contributed by atoms with Crippen LogP contribution in [0.2, 0.25) is 0 Å². The van der Waals surface area contributed by atoms with Crippen LogP contribution in [-0.2, 0) is 13.0 Å². The van der Waals surface area contributed by atoms with E-state index in [2.05, 4.69) is 17.4 Å². The summed E-state index contributed by atoms with van der Waals surface area (Å²) in [6.45, 7) is 3.17. The van der Waals surface area contributed by atoms with Crippen LogP contribution in [0.5, 0.6) is 0 Å². The molecule has 0 spiro atoms. The normalized spacial score (nSPS) is 10.3. The van der Waals surface area contributed by atoms with Crippen molar-refractivity contribution in [1.82, 2.24) is 5.32 Å². The molecule has 0 fully saturated rings. The molecule has 3 heteroatoms. The van der Waals surface area contributed by atoms with Crippen molar-refractivity contribution in [3.05, 3.63) is 70.8 Å². The molecule has 2 rings (SSSR count). The summed E-state index contributed by atoms with van der Waals surface area (Å²) in [5.74, 6) is -0.0419. The van der Waals surface area contributed by atoms with Crippen LogP contribution in [0.4, 0.5) is 0 Å². The average Bonchev–Trinajstić information content (AvgIpc) is 2.46. The molecule has 20 heavy (non-hydrogen) atoms. The first-order valence-corrected chi connectivity index (χ1v) is 6.82. The Hall–Kier alpha value is -2.13. The Morgan fingerprint density at radius 2 is 1.80 bits per heavy atom. The minimum atomic E-state index is -0.0419. The maximum Gasteiger partial charge on any atom is 0.251 e. The van der Waals surface area contributed by atoms with Crippen LogP contribution in [0.1, 0.15) is 27.0 Å². The highest BCUT2D eigenvalue weighted by Gasteiger charge is 2.04. The van der Waals surface area contributed by atoms with E-state index in [1.807, 2.05) is 43.3 Å². The molecule has 0 aromatic heterocycles. The fraction of sp³-hybridized carbons (Fsp3) is 0.235. The van der Waals surface area contributed by atoms with Gasteiger partial charge in [-0.1, -0.05) is 42.0 Å². The number of hydrogen-bond acceptors (Lipinski definition) is 2. The van der Waals surface area contributed by atoms with Crippen molar-refractivity contribution >= 4 is 5.91 Å². The lowest BCUT2D eigenvalue weighted by Gasteiger charge is -2.07. The van der Waals surface area contributed by atoms with Crippen LogP contribution in [0.25, 0.3) is 0 Å². The van der Waals surface area contributed by atoms with Gasteiger partial charge in [-0.15, -0.1) is 0 Å². The minimum absolute atomic E-state index is 0.0419. The van der Waals surface area contributed by atoms with Crippen LogP contribution in [0.3, 0.4) is 0 Å². The summed E-state index contributed by atoms with van der Waals surface area (Å²) in [4.78, 5) is 12.0. The number of benzene rings is 2. The second-order valence-electron chi connectivity index (χ2n) is 4.91. The van der Waals surface area contributed by atoms with Gasteiger partial charge in [0.05, 0.1) is 0 Å². The third kappa shape index (κ3) is 3.93. The molecule has 0 atom stereocenters. The number of carbonyl (C=O) groups is 1. The van der Waals surface area contributed by atoms with Crippen LogP contribution in [0.15, 0.2) is 48.5 Å². The minimum Gasteiger partial charge on any atom is -0.348 e. The predicted octanol–water partition coefficient (Wildman–Crippen LogP) is 2.43. The van der Waals surface area contributed by atoms with Gasteiger partial charge in [0.15, 0.2) is 0 Å². The molecule has 0 aliphatic carbocycles. The lowest BCUT2D eigenvalue weighted by molar-refractivity contribution is 0.0951. The molecule has 2 aromatic rings. The molecule has 0 saturated carbocycles. The van der Waals surface area contributed by atoms with Crippen LogP contribution >= 0.6 is 0 Å².